The molecule has 0 saturated carbocycles. The Hall–Kier alpha value is -0.710. The van der Waals surface area contributed by atoms with Crippen LogP contribution in [-0.2, 0) is 9.59 Å². The first kappa shape index (κ1) is 9.83. The Labute approximate surface area is 87.4 Å². The van der Waals surface area contributed by atoms with Gasteiger partial charge in [0.25, 0.3) is 0 Å². The highest BCUT2D eigenvalue weighted by Crippen LogP contribution is 2.14. The summed E-state index contributed by atoms with van der Waals surface area (Å²) in [6, 6.07) is -0.245. The summed E-state index contributed by atoms with van der Waals surface area (Å²) in [7, 11) is 0. The van der Waals surface area contributed by atoms with E-state index in [0.717, 1.165) is 24.6 Å². The van der Waals surface area contributed by atoms with Crippen LogP contribution >= 0.6 is 11.8 Å². The Bertz CT molecular complexity index is 251. The Morgan fingerprint density at radius 1 is 1.43 bits per heavy atom. The second-order valence-corrected chi connectivity index (χ2v) is 4.82. The summed E-state index contributed by atoms with van der Waals surface area (Å²) in [6.07, 6.45) is 1.17. The van der Waals surface area contributed by atoms with Crippen LogP contribution in [0.15, 0.2) is 0 Å². The molecule has 2 aliphatic heterocycles. The summed E-state index contributed by atoms with van der Waals surface area (Å²) in [5.74, 6) is 2.16. The number of rotatable bonds is 1. The molecule has 4 nitrogen and oxygen atoms in total. The van der Waals surface area contributed by atoms with Crippen LogP contribution in [0.2, 0.25) is 0 Å². The fourth-order valence-corrected chi connectivity index (χ4v) is 2.71. The molecule has 78 valence electrons. The van der Waals surface area contributed by atoms with Crippen molar-refractivity contribution in [3.63, 3.8) is 0 Å². The van der Waals surface area contributed by atoms with E-state index >= 15 is 0 Å². The van der Waals surface area contributed by atoms with E-state index in [-0.39, 0.29) is 17.9 Å². The van der Waals surface area contributed by atoms with Crippen molar-refractivity contribution in [3.05, 3.63) is 0 Å². The van der Waals surface area contributed by atoms with Gasteiger partial charge in [0.05, 0.1) is 0 Å². The van der Waals surface area contributed by atoms with Crippen LogP contribution in [0.1, 0.15) is 12.8 Å². The molecule has 1 N–H and O–H groups in total. The highest BCUT2D eigenvalue weighted by atomic mass is 32.2. The molecule has 2 fully saturated rings. The van der Waals surface area contributed by atoms with Gasteiger partial charge in [-0.15, -0.1) is 0 Å². The highest BCUT2D eigenvalue weighted by molar-refractivity contribution is 7.99. The van der Waals surface area contributed by atoms with Crippen molar-refractivity contribution in [3.8, 4) is 0 Å². The number of amides is 2. The van der Waals surface area contributed by atoms with Gasteiger partial charge in [-0.3, -0.25) is 9.59 Å². The fourth-order valence-electron chi connectivity index (χ4n) is 1.80. The van der Waals surface area contributed by atoms with Crippen molar-refractivity contribution in [2.75, 3.05) is 24.6 Å². The number of hydrogen-bond donors (Lipinski definition) is 1. The summed E-state index contributed by atoms with van der Waals surface area (Å²) in [5, 5.41) is 2.71. The molecule has 2 rings (SSSR count). The van der Waals surface area contributed by atoms with E-state index in [9.17, 15) is 9.59 Å². The lowest BCUT2D eigenvalue weighted by Gasteiger charge is -2.28. The minimum Gasteiger partial charge on any atom is -0.344 e. The molecule has 0 radical (unpaired) electrons. The molecular weight excluding hydrogens is 200 g/mol. The van der Waals surface area contributed by atoms with Gasteiger partial charge in [-0.1, -0.05) is 0 Å². The quantitative estimate of drug-likeness (QED) is 0.660. The minimum atomic E-state index is -0.245. The second-order valence-electron chi connectivity index (χ2n) is 3.60. The topological polar surface area (TPSA) is 49.4 Å². The van der Waals surface area contributed by atoms with E-state index in [2.05, 4.69) is 5.32 Å². The van der Waals surface area contributed by atoms with E-state index in [0.29, 0.717) is 12.8 Å². The lowest BCUT2D eigenvalue weighted by Crippen LogP contribution is -2.47. The Balaban J connectivity index is 1.90. The molecule has 0 aliphatic carbocycles. The summed E-state index contributed by atoms with van der Waals surface area (Å²) >= 11 is 1.88. The smallest absolute Gasteiger partial charge is 0.245 e. The zero-order chi connectivity index (χ0) is 9.97. The molecule has 0 spiro atoms. The lowest BCUT2D eigenvalue weighted by atomic mass is 10.2. The molecule has 5 heteroatoms. The molecule has 0 aromatic carbocycles. The molecule has 0 unspecified atom stereocenters. The summed E-state index contributed by atoms with van der Waals surface area (Å²) in [4.78, 5) is 24.7. The van der Waals surface area contributed by atoms with Crippen molar-refractivity contribution in [1.29, 1.82) is 0 Å². The van der Waals surface area contributed by atoms with Crippen LogP contribution in [0.3, 0.4) is 0 Å². The standard InChI is InChI=1S/C9H14N2O2S/c12-8-2-1-7(10-8)9(13)11-3-5-14-6-4-11/h7H,1-6H2,(H,10,12)/t7-/m0/s1. The van der Waals surface area contributed by atoms with Crippen LogP contribution in [-0.4, -0.2) is 47.4 Å². The zero-order valence-corrected chi connectivity index (χ0v) is 8.81. The van der Waals surface area contributed by atoms with Gasteiger partial charge >= 0.3 is 0 Å². The number of nitrogens with one attached hydrogen (secondary N) is 1. The molecule has 2 saturated heterocycles. The van der Waals surface area contributed by atoms with Crippen molar-refractivity contribution in [1.82, 2.24) is 10.2 Å². The van der Waals surface area contributed by atoms with Crippen LogP contribution in [0.4, 0.5) is 0 Å². The monoisotopic (exact) mass is 214 g/mol. The van der Waals surface area contributed by atoms with Crippen LogP contribution in [0, 0.1) is 0 Å². The highest BCUT2D eigenvalue weighted by Gasteiger charge is 2.31. The normalized spacial score (nSPS) is 27.6. The van der Waals surface area contributed by atoms with E-state index in [4.69, 9.17) is 0 Å². The Morgan fingerprint density at radius 2 is 2.14 bits per heavy atom. The van der Waals surface area contributed by atoms with Crippen molar-refractivity contribution in [2.24, 2.45) is 0 Å². The molecule has 0 bridgehead atoms. The molecule has 14 heavy (non-hydrogen) atoms. The molecule has 2 aliphatic rings. The predicted molar refractivity (Wildman–Crippen MR) is 55.1 cm³/mol. The average molecular weight is 214 g/mol. The van der Waals surface area contributed by atoms with Crippen molar-refractivity contribution < 1.29 is 9.59 Å². The molecule has 1 atom stereocenters. The number of thioether (sulfide) groups is 1. The van der Waals surface area contributed by atoms with Crippen LogP contribution in [0.5, 0.6) is 0 Å². The van der Waals surface area contributed by atoms with Crippen molar-refractivity contribution >= 4 is 23.6 Å². The van der Waals surface area contributed by atoms with Crippen molar-refractivity contribution in [2.45, 2.75) is 18.9 Å². The number of carbonyl (C=O) groups is 2. The number of nitrogens with zero attached hydrogens (tertiary/aromatic N) is 1. The molecule has 2 amide bonds. The van der Waals surface area contributed by atoms with Gasteiger partial charge < -0.3 is 10.2 Å². The number of hydrogen-bond acceptors (Lipinski definition) is 3. The number of carbonyl (C=O) groups excluding carboxylic acids is 2. The average Bonchev–Trinajstić information content (AvgIpc) is 2.65. The molecule has 0 aromatic heterocycles. The summed E-state index contributed by atoms with van der Waals surface area (Å²) in [6.45, 7) is 1.66. The largest absolute Gasteiger partial charge is 0.344 e. The SMILES string of the molecule is O=C1CC[C@@H](C(=O)N2CCSCC2)N1. The van der Waals surface area contributed by atoms with Gasteiger partial charge in [-0.25, -0.2) is 0 Å². The third kappa shape index (κ3) is 2.03. The maximum atomic E-state index is 11.8. The second kappa shape index (κ2) is 4.21. The molecular formula is C9H14N2O2S. The summed E-state index contributed by atoms with van der Waals surface area (Å²) < 4.78 is 0. The van der Waals surface area contributed by atoms with Gasteiger partial charge in [-0.05, 0) is 6.42 Å². The van der Waals surface area contributed by atoms with Gasteiger partial charge in [0.1, 0.15) is 6.04 Å². The van der Waals surface area contributed by atoms with Gasteiger partial charge in [0.2, 0.25) is 11.8 Å². The van der Waals surface area contributed by atoms with Gasteiger partial charge in [-0.2, -0.15) is 11.8 Å². The maximum absolute atomic E-state index is 11.8. The first-order valence-corrected chi connectivity index (χ1v) is 6.09. The first-order chi connectivity index (χ1) is 6.77. The third-order valence-electron chi connectivity index (χ3n) is 2.62. The van der Waals surface area contributed by atoms with E-state index < -0.39 is 0 Å². The zero-order valence-electron chi connectivity index (χ0n) is 7.99. The lowest BCUT2D eigenvalue weighted by molar-refractivity contribution is -0.134. The maximum Gasteiger partial charge on any atom is 0.245 e. The van der Waals surface area contributed by atoms with E-state index in [1.807, 2.05) is 16.7 Å². The van der Waals surface area contributed by atoms with Gasteiger partial charge in [0.15, 0.2) is 0 Å². The fraction of sp³-hybridized carbons (Fsp3) is 0.778. The molecule has 2 heterocycles. The predicted octanol–water partition coefficient (Wildman–Crippen LogP) is -0.160. The van der Waals surface area contributed by atoms with E-state index in [1.165, 1.54) is 0 Å². The van der Waals surface area contributed by atoms with E-state index in [1.54, 1.807) is 0 Å². The molecule has 0 aromatic rings. The minimum absolute atomic E-state index is 0.00901. The Morgan fingerprint density at radius 3 is 2.71 bits per heavy atom. The third-order valence-corrected chi connectivity index (χ3v) is 3.56. The Kier molecular flexibility index (Phi) is 2.96. The van der Waals surface area contributed by atoms with Gasteiger partial charge in [0, 0.05) is 31.0 Å². The van der Waals surface area contributed by atoms with Crippen LogP contribution in [0.25, 0.3) is 0 Å². The summed E-state index contributed by atoms with van der Waals surface area (Å²) in [5.41, 5.74) is 0. The first-order valence-electron chi connectivity index (χ1n) is 4.93. The van der Waals surface area contributed by atoms with Crippen LogP contribution < -0.4 is 5.32 Å².